The van der Waals surface area contributed by atoms with Crippen molar-refractivity contribution in [3.8, 4) is 5.88 Å². The number of nitrogens with one attached hydrogen (secondary N) is 1. The van der Waals surface area contributed by atoms with Crippen molar-refractivity contribution < 1.29 is 14.2 Å². The average Bonchev–Trinajstić information content (AvgIpc) is 2.49. The van der Waals surface area contributed by atoms with Crippen LogP contribution in [0.1, 0.15) is 33.1 Å². The van der Waals surface area contributed by atoms with E-state index >= 15 is 0 Å². The Morgan fingerprint density at radius 2 is 2.29 bits per heavy atom. The van der Waals surface area contributed by atoms with Crippen LogP contribution in [0.25, 0.3) is 0 Å². The first kappa shape index (κ1) is 16.0. The molecular weight excluding hydrogens is 268 g/mol. The van der Waals surface area contributed by atoms with Gasteiger partial charge in [-0.3, -0.25) is 0 Å². The van der Waals surface area contributed by atoms with E-state index in [0.717, 1.165) is 31.6 Å². The highest BCUT2D eigenvalue weighted by atomic mass is 16.5. The molecule has 0 radical (unpaired) electrons. The molecule has 2 rings (SSSR count). The predicted octanol–water partition coefficient (Wildman–Crippen LogP) is 2.87. The van der Waals surface area contributed by atoms with Gasteiger partial charge in [0.2, 0.25) is 5.88 Å². The van der Waals surface area contributed by atoms with Crippen LogP contribution in [0.15, 0.2) is 18.3 Å². The molecule has 1 aromatic heterocycles. The van der Waals surface area contributed by atoms with Gasteiger partial charge in [-0.15, -0.1) is 0 Å². The molecule has 118 valence electrons. The Hall–Kier alpha value is -1.33. The van der Waals surface area contributed by atoms with Crippen LogP contribution in [0.2, 0.25) is 0 Å². The van der Waals surface area contributed by atoms with E-state index < -0.39 is 0 Å². The SMILES string of the molecule is CCC1(C)CC(Nc2ccc(OCCOC)nc2)CCO1. The molecule has 5 heteroatoms. The minimum Gasteiger partial charge on any atom is -0.475 e. The van der Waals surface area contributed by atoms with Crippen molar-refractivity contribution in [3.05, 3.63) is 18.3 Å². The standard InChI is InChI=1S/C16H26N2O3/c1-4-16(2)11-13(7-8-21-16)18-14-5-6-15(17-12-14)20-10-9-19-3/h5-6,12-13,18H,4,7-11H2,1-3H3. The highest BCUT2D eigenvalue weighted by Gasteiger charge is 2.31. The van der Waals surface area contributed by atoms with Gasteiger partial charge in [0.05, 0.1) is 24.1 Å². The zero-order valence-electron chi connectivity index (χ0n) is 13.2. The van der Waals surface area contributed by atoms with Gasteiger partial charge in [0, 0.05) is 25.8 Å². The summed E-state index contributed by atoms with van der Waals surface area (Å²) in [5.74, 6) is 0.628. The summed E-state index contributed by atoms with van der Waals surface area (Å²) in [6.45, 7) is 6.26. The molecule has 2 heterocycles. The second kappa shape index (κ2) is 7.61. The highest BCUT2D eigenvalue weighted by molar-refractivity contribution is 5.43. The van der Waals surface area contributed by atoms with Crippen molar-refractivity contribution in [3.63, 3.8) is 0 Å². The first-order valence-electron chi connectivity index (χ1n) is 7.63. The van der Waals surface area contributed by atoms with Crippen molar-refractivity contribution in [2.24, 2.45) is 0 Å². The molecule has 1 aromatic rings. The van der Waals surface area contributed by atoms with Crippen LogP contribution < -0.4 is 10.1 Å². The molecule has 1 N–H and O–H groups in total. The van der Waals surface area contributed by atoms with Gasteiger partial charge in [0.15, 0.2) is 0 Å². The van der Waals surface area contributed by atoms with Crippen LogP contribution >= 0.6 is 0 Å². The summed E-state index contributed by atoms with van der Waals surface area (Å²) in [5, 5.41) is 3.54. The average molecular weight is 294 g/mol. The third-order valence-corrected chi connectivity index (χ3v) is 3.99. The van der Waals surface area contributed by atoms with Crippen molar-refractivity contribution in [2.45, 2.75) is 44.8 Å². The molecule has 1 fully saturated rings. The normalized spacial score (nSPS) is 25.6. The van der Waals surface area contributed by atoms with Crippen LogP contribution in [0, 0.1) is 0 Å². The Morgan fingerprint density at radius 1 is 1.43 bits per heavy atom. The molecule has 1 aliphatic heterocycles. The lowest BCUT2D eigenvalue weighted by Gasteiger charge is -2.38. The van der Waals surface area contributed by atoms with E-state index in [4.69, 9.17) is 14.2 Å². The maximum atomic E-state index is 5.87. The van der Waals surface area contributed by atoms with Gasteiger partial charge in [-0.2, -0.15) is 0 Å². The Morgan fingerprint density at radius 3 is 2.95 bits per heavy atom. The minimum atomic E-state index is -0.00739. The largest absolute Gasteiger partial charge is 0.475 e. The summed E-state index contributed by atoms with van der Waals surface area (Å²) < 4.78 is 16.3. The number of nitrogens with zero attached hydrogens (tertiary/aromatic N) is 1. The van der Waals surface area contributed by atoms with Gasteiger partial charge in [-0.05, 0) is 32.3 Å². The molecule has 0 aromatic carbocycles. The highest BCUT2D eigenvalue weighted by Crippen LogP contribution is 2.29. The second-order valence-corrected chi connectivity index (χ2v) is 5.71. The van der Waals surface area contributed by atoms with Crippen LogP contribution in [0.5, 0.6) is 5.88 Å². The fraction of sp³-hybridized carbons (Fsp3) is 0.688. The Bertz CT molecular complexity index is 424. The molecule has 21 heavy (non-hydrogen) atoms. The first-order valence-corrected chi connectivity index (χ1v) is 7.63. The van der Waals surface area contributed by atoms with Gasteiger partial charge >= 0.3 is 0 Å². The summed E-state index contributed by atoms with van der Waals surface area (Å²) in [5.41, 5.74) is 1.02. The monoisotopic (exact) mass is 294 g/mol. The molecule has 2 unspecified atom stereocenters. The summed E-state index contributed by atoms with van der Waals surface area (Å²) in [6, 6.07) is 4.33. The number of pyridine rings is 1. The van der Waals surface area contributed by atoms with E-state index in [-0.39, 0.29) is 5.60 Å². The summed E-state index contributed by atoms with van der Waals surface area (Å²) in [4.78, 5) is 4.30. The van der Waals surface area contributed by atoms with Crippen LogP contribution in [-0.4, -0.2) is 43.6 Å². The molecule has 1 aliphatic rings. The molecule has 5 nitrogen and oxygen atoms in total. The van der Waals surface area contributed by atoms with Gasteiger partial charge in [0.1, 0.15) is 6.61 Å². The van der Waals surface area contributed by atoms with Crippen molar-refractivity contribution in [1.29, 1.82) is 0 Å². The molecule has 0 bridgehead atoms. The number of rotatable bonds is 7. The quantitative estimate of drug-likeness (QED) is 0.784. The topological polar surface area (TPSA) is 52.6 Å². The number of aromatic nitrogens is 1. The molecule has 1 saturated heterocycles. The lowest BCUT2D eigenvalue weighted by Crippen LogP contribution is -2.41. The van der Waals surface area contributed by atoms with E-state index in [9.17, 15) is 0 Å². The maximum Gasteiger partial charge on any atom is 0.213 e. The fourth-order valence-electron chi connectivity index (χ4n) is 2.52. The van der Waals surface area contributed by atoms with Crippen molar-refractivity contribution >= 4 is 5.69 Å². The molecule has 2 atom stereocenters. The van der Waals surface area contributed by atoms with Gasteiger partial charge < -0.3 is 19.5 Å². The molecule has 0 amide bonds. The van der Waals surface area contributed by atoms with Gasteiger partial charge in [-0.25, -0.2) is 4.98 Å². The smallest absolute Gasteiger partial charge is 0.213 e. The maximum absolute atomic E-state index is 5.87. The number of hydrogen-bond acceptors (Lipinski definition) is 5. The molecule has 0 saturated carbocycles. The van der Waals surface area contributed by atoms with Gasteiger partial charge in [-0.1, -0.05) is 6.92 Å². The Labute approximate surface area is 127 Å². The molecule has 0 spiro atoms. The van der Waals surface area contributed by atoms with Gasteiger partial charge in [0.25, 0.3) is 0 Å². The van der Waals surface area contributed by atoms with Crippen LogP contribution in [0.3, 0.4) is 0 Å². The number of hydrogen-bond donors (Lipinski definition) is 1. The summed E-state index contributed by atoms with van der Waals surface area (Å²) in [6.07, 6.45) is 4.91. The minimum absolute atomic E-state index is 0.00739. The van der Waals surface area contributed by atoms with E-state index in [1.54, 1.807) is 7.11 Å². The van der Waals surface area contributed by atoms with E-state index in [2.05, 4.69) is 24.1 Å². The third kappa shape index (κ3) is 4.86. The van der Waals surface area contributed by atoms with Crippen LogP contribution in [0.4, 0.5) is 5.69 Å². The summed E-state index contributed by atoms with van der Waals surface area (Å²) in [7, 11) is 1.65. The Kier molecular flexibility index (Phi) is 5.82. The van der Waals surface area contributed by atoms with Crippen molar-refractivity contribution in [2.75, 3.05) is 32.2 Å². The zero-order chi connectivity index (χ0) is 15.1. The van der Waals surface area contributed by atoms with Crippen LogP contribution in [-0.2, 0) is 9.47 Å². The molecular formula is C16H26N2O3. The number of anilines is 1. The first-order chi connectivity index (χ1) is 10.1. The van der Waals surface area contributed by atoms with E-state index in [1.165, 1.54) is 0 Å². The zero-order valence-corrected chi connectivity index (χ0v) is 13.2. The Balaban J connectivity index is 1.85. The second-order valence-electron chi connectivity index (χ2n) is 5.71. The number of ether oxygens (including phenoxy) is 3. The lowest BCUT2D eigenvalue weighted by molar-refractivity contribution is -0.0708. The fourth-order valence-corrected chi connectivity index (χ4v) is 2.52. The van der Waals surface area contributed by atoms with E-state index in [0.29, 0.717) is 25.1 Å². The number of methoxy groups -OCH3 is 1. The van der Waals surface area contributed by atoms with E-state index in [1.807, 2.05) is 18.3 Å². The molecule has 0 aliphatic carbocycles. The predicted molar refractivity (Wildman–Crippen MR) is 82.9 cm³/mol. The summed E-state index contributed by atoms with van der Waals surface area (Å²) >= 11 is 0. The van der Waals surface area contributed by atoms with Crippen molar-refractivity contribution in [1.82, 2.24) is 4.98 Å². The lowest BCUT2D eigenvalue weighted by atomic mass is 9.90. The third-order valence-electron chi connectivity index (χ3n) is 3.99.